The Bertz CT molecular complexity index is 776. The molecule has 9 atom stereocenters. The highest BCUT2D eigenvalue weighted by Crippen LogP contribution is 2.67. The normalized spacial score (nSPS) is 43.1. The van der Waals surface area contributed by atoms with Crippen LogP contribution in [-0.4, -0.2) is 31.4 Å². The molecule has 0 bridgehead atoms. The zero-order valence-electron chi connectivity index (χ0n) is 21.4. The first kappa shape index (κ1) is 24.7. The molecule has 0 radical (unpaired) electrons. The van der Waals surface area contributed by atoms with Gasteiger partial charge in [0, 0.05) is 18.3 Å². The van der Waals surface area contributed by atoms with Gasteiger partial charge in [0.1, 0.15) is 5.78 Å². The molecule has 4 fully saturated rings. The highest BCUT2D eigenvalue weighted by Gasteiger charge is 2.64. The monoisotopic (exact) mass is 460 g/mol. The second-order valence-electron chi connectivity index (χ2n) is 12.1. The fourth-order valence-electron chi connectivity index (χ4n) is 9.03. The van der Waals surface area contributed by atoms with Gasteiger partial charge >= 0.3 is 11.9 Å². The molecule has 0 N–H and O–H groups in total. The summed E-state index contributed by atoms with van der Waals surface area (Å²) in [6.45, 7) is 9.25. The Kier molecular flexibility index (Phi) is 7.00. The molecule has 5 nitrogen and oxygen atoms in total. The summed E-state index contributed by atoms with van der Waals surface area (Å²) < 4.78 is 10.2. The largest absolute Gasteiger partial charge is 0.469 e. The smallest absolute Gasteiger partial charge is 0.308 e. The molecule has 4 aliphatic rings. The highest BCUT2D eigenvalue weighted by molar-refractivity contribution is 5.87. The lowest BCUT2D eigenvalue weighted by Crippen LogP contribution is -2.57. The van der Waals surface area contributed by atoms with Crippen LogP contribution in [-0.2, 0) is 23.9 Å². The average molecular weight is 461 g/mol. The SMILES string of the molecule is CCOC(=O)[C@@H]1CC[C@@]2(C)[C@H](CC[C@@H]3[C@@H]2CC(=O)[C@]2(C)[C@@H]([C@@H](C)CCC(=O)OC)CC[C@@H]32)C1. The Labute approximate surface area is 199 Å². The molecule has 33 heavy (non-hydrogen) atoms. The average Bonchev–Trinajstić information content (AvgIpc) is 3.16. The molecule has 0 unspecified atom stereocenters. The summed E-state index contributed by atoms with van der Waals surface area (Å²) in [6.07, 6.45) is 9.43. The van der Waals surface area contributed by atoms with Gasteiger partial charge in [-0.1, -0.05) is 20.8 Å². The van der Waals surface area contributed by atoms with Crippen molar-refractivity contribution in [2.75, 3.05) is 13.7 Å². The summed E-state index contributed by atoms with van der Waals surface area (Å²) in [7, 11) is 1.45. The second-order valence-corrected chi connectivity index (χ2v) is 12.1. The molecule has 0 spiro atoms. The molecule has 0 saturated heterocycles. The molecule has 0 aliphatic heterocycles. The van der Waals surface area contributed by atoms with E-state index in [0.717, 1.165) is 38.5 Å². The van der Waals surface area contributed by atoms with Crippen molar-refractivity contribution >= 4 is 17.7 Å². The Morgan fingerprint density at radius 2 is 1.85 bits per heavy atom. The molecule has 0 amide bonds. The number of fused-ring (bicyclic) bond motifs is 5. The Morgan fingerprint density at radius 1 is 1.09 bits per heavy atom. The van der Waals surface area contributed by atoms with E-state index < -0.39 is 0 Å². The number of ketones is 1. The van der Waals surface area contributed by atoms with Gasteiger partial charge < -0.3 is 9.47 Å². The molecule has 186 valence electrons. The lowest BCUT2D eigenvalue weighted by atomic mass is 9.43. The second kappa shape index (κ2) is 9.34. The molecule has 0 aromatic carbocycles. The van der Waals surface area contributed by atoms with Crippen molar-refractivity contribution in [2.24, 2.45) is 52.3 Å². The summed E-state index contributed by atoms with van der Waals surface area (Å²) in [6, 6.07) is 0. The third-order valence-electron chi connectivity index (χ3n) is 10.9. The number of carbonyl (C=O) groups excluding carboxylic acids is 3. The van der Waals surface area contributed by atoms with Crippen molar-refractivity contribution < 1.29 is 23.9 Å². The molecule has 0 heterocycles. The van der Waals surface area contributed by atoms with Crippen LogP contribution in [0.1, 0.15) is 91.9 Å². The van der Waals surface area contributed by atoms with Crippen molar-refractivity contribution in [2.45, 2.75) is 91.9 Å². The third-order valence-corrected chi connectivity index (χ3v) is 10.9. The van der Waals surface area contributed by atoms with Crippen LogP contribution >= 0.6 is 0 Å². The van der Waals surface area contributed by atoms with Gasteiger partial charge in [-0.25, -0.2) is 0 Å². The lowest BCUT2D eigenvalue weighted by molar-refractivity contribution is -0.165. The number of rotatable bonds is 6. The molecular formula is C28H44O5. The van der Waals surface area contributed by atoms with Crippen LogP contribution in [0.2, 0.25) is 0 Å². The maximum absolute atomic E-state index is 13.9. The summed E-state index contributed by atoms with van der Waals surface area (Å²) in [5.74, 6) is 3.11. The molecule has 4 saturated carbocycles. The highest BCUT2D eigenvalue weighted by atomic mass is 16.5. The first-order valence-electron chi connectivity index (χ1n) is 13.4. The minimum atomic E-state index is -0.248. The minimum absolute atomic E-state index is 0.0199. The molecule has 5 heteroatoms. The van der Waals surface area contributed by atoms with Gasteiger partial charge in [0.25, 0.3) is 0 Å². The van der Waals surface area contributed by atoms with E-state index in [9.17, 15) is 14.4 Å². The zero-order chi connectivity index (χ0) is 24.0. The Balaban J connectivity index is 1.50. The quantitative estimate of drug-likeness (QED) is 0.483. The van der Waals surface area contributed by atoms with Crippen LogP contribution in [0, 0.1) is 52.3 Å². The summed E-state index contributed by atoms with van der Waals surface area (Å²) >= 11 is 0. The molecule has 0 aromatic heterocycles. The topological polar surface area (TPSA) is 69.7 Å². The van der Waals surface area contributed by atoms with E-state index in [4.69, 9.17) is 9.47 Å². The van der Waals surface area contributed by atoms with Crippen LogP contribution < -0.4 is 0 Å². The number of carbonyl (C=O) groups is 3. The van der Waals surface area contributed by atoms with Crippen LogP contribution in [0.4, 0.5) is 0 Å². The van der Waals surface area contributed by atoms with Gasteiger partial charge in [0.05, 0.1) is 19.6 Å². The molecule has 4 rings (SSSR count). The number of hydrogen-bond donors (Lipinski definition) is 0. The van der Waals surface area contributed by atoms with E-state index in [-0.39, 0.29) is 28.7 Å². The standard InChI is InChI=1S/C28H44O5/c1-6-33-26(31)18-13-14-27(3)19(15-18)8-9-20-22-11-10-21(17(2)7-12-25(30)32-5)28(22,4)24(29)16-23(20)27/h17-23H,6-16H2,1-5H3/t17-,18+,19+,20-,21+,22-,23-,27-,28+/m0/s1. The van der Waals surface area contributed by atoms with Crippen molar-refractivity contribution in [1.29, 1.82) is 0 Å². The first-order valence-corrected chi connectivity index (χ1v) is 13.4. The van der Waals surface area contributed by atoms with Gasteiger partial charge in [0.15, 0.2) is 0 Å². The minimum Gasteiger partial charge on any atom is -0.469 e. The predicted octanol–water partition coefficient (Wildman–Crippen LogP) is 5.59. The maximum Gasteiger partial charge on any atom is 0.308 e. The fraction of sp³-hybridized carbons (Fsp3) is 0.893. The lowest BCUT2D eigenvalue weighted by Gasteiger charge is -2.60. The van der Waals surface area contributed by atoms with E-state index in [1.807, 2.05) is 6.92 Å². The van der Waals surface area contributed by atoms with Crippen molar-refractivity contribution in [3.8, 4) is 0 Å². The van der Waals surface area contributed by atoms with Crippen LogP contribution in [0.15, 0.2) is 0 Å². The van der Waals surface area contributed by atoms with Gasteiger partial charge in [-0.15, -0.1) is 0 Å². The predicted molar refractivity (Wildman–Crippen MR) is 126 cm³/mol. The Morgan fingerprint density at radius 3 is 2.55 bits per heavy atom. The van der Waals surface area contributed by atoms with Gasteiger partial charge in [0.2, 0.25) is 0 Å². The number of methoxy groups -OCH3 is 1. The van der Waals surface area contributed by atoms with E-state index >= 15 is 0 Å². The van der Waals surface area contributed by atoms with Crippen LogP contribution in [0.5, 0.6) is 0 Å². The van der Waals surface area contributed by atoms with E-state index in [0.29, 0.717) is 60.7 Å². The number of ether oxygens (including phenoxy) is 2. The molecular weight excluding hydrogens is 416 g/mol. The van der Waals surface area contributed by atoms with Crippen LogP contribution in [0.25, 0.3) is 0 Å². The summed E-state index contributed by atoms with van der Waals surface area (Å²) in [4.78, 5) is 38.0. The molecule has 4 aliphatic carbocycles. The molecule has 0 aromatic rings. The first-order chi connectivity index (χ1) is 15.7. The van der Waals surface area contributed by atoms with Gasteiger partial charge in [-0.3, -0.25) is 14.4 Å². The third kappa shape index (κ3) is 4.05. The zero-order valence-corrected chi connectivity index (χ0v) is 21.4. The van der Waals surface area contributed by atoms with Crippen LogP contribution in [0.3, 0.4) is 0 Å². The van der Waals surface area contributed by atoms with Gasteiger partial charge in [-0.05, 0) is 99.2 Å². The van der Waals surface area contributed by atoms with E-state index in [1.165, 1.54) is 20.0 Å². The van der Waals surface area contributed by atoms with E-state index in [2.05, 4.69) is 20.8 Å². The number of hydrogen-bond acceptors (Lipinski definition) is 5. The summed E-state index contributed by atoms with van der Waals surface area (Å²) in [5, 5.41) is 0. The maximum atomic E-state index is 13.9. The number of esters is 2. The van der Waals surface area contributed by atoms with Gasteiger partial charge in [-0.2, -0.15) is 0 Å². The van der Waals surface area contributed by atoms with Crippen molar-refractivity contribution in [1.82, 2.24) is 0 Å². The van der Waals surface area contributed by atoms with E-state index in [1.54, 1.807) is 0 Å². The fourth-order valence-corrected chi connectivity index (χ4v) is 9.03. The number of Topliss-reactive ketones (excluding diaryl/α,β-unsaturated/α-hetero) is 1. The van der Waals surface area contributed by atoms with Crippen molar-refractivity contribution in [3.63, 3.8) is 0 Å². The van der Waals surface area contributed by atoms with Crippen molar-refractivity contribution in [3.05, 3.63) is 0 Å². The Hall–Kier alpha value is -1.39. The summed E-state index contributed by atoms with van der Waals surface area (Å²) in [5.41, 5.74) is -0.0838.